The average Bonchev–Trinajstić information content (AvgIpc) is 3.33. The maximum absolute atomic E-state index is 13.8. The van der Waals surface area contributed by atoms with E-state index in [1.165, 1.54) is 18.3 Å². The van der Waals surface area contributed by atoms with Crippen molar-refractivity contribution < 1.29 is 18.7 Å². The minimum atomic E-state index is -0.417. The maximum atomic E-state index is 13.8. The first-order valence-electron chi connectivity index (χ1n) is 11.6. The molecule has 3 N–H and O–H groups in total. The average molecular weight is 475 g/mol. The lowest BCUT2D eigenvalue weighted by Gasteiger charge is -2.51. The molecule has 2 aliphatic rings. The highest BCUT2D eigenvalue weighted by Gasteiger charge is 2.48. The van der Waals surface area contributed by atoms with Crippen molar-refractivity contribution in [3.63, 3.8) is 0 Å². The normalized spacial score (nSPS) is 19.0. The van der Waals surface area contributed by atoms with Crippen LogP contribution in [0.15, 0.2) is 60.7 Å². The number of esters is 1. The van der Waals surface area contributed by atoms with Crippen LogP contribution < -0.4 is 15.5 Å². The lowest BCUT2D eigenvalue weighted by molar-refractivity contribution is 0.0526. The molecule has 0 aromatic heterocycles. The van der Waals surface area contributed by atoms with Crippen LogP contribution in [0.25, 0.3) is 0 Å². The van der Waals surface area contributed by atoms with E-state index in [4.69, 9.17) is 20.6 Å². The molecule has 0 radical (unpaired) electrons. The SMILES string of the molecule is CCOC(=O)c1ccc(N2CC3(CCOC3)N(c3ccc(F)cc3)c3cc(C=N)c(N)cc32)cc1. The molecule has 35 heavy (non-hydrogen) atoms. The number of nitrogen functional groups attached to an aromatic ring is 1. The predicted molar refractivity (Wildman–Crippen MR) is 135 cm³/mol. The maximum Gasteiger partial charge on any atom is 0.338 e. The number of hydrogen-bond donors (Lipinski definition) is 2. The second-order valence-corrected chi connectivity index (χ2v) is 8.81. The zero-order valence-corrected chi connectivity index (χ0v) is 19.5. The van der Waals surface area contributed by atoms with E-state index in [1.54, 1.807) is 31.2 Å². The lowest BCUT2D eigenvalue weighted by atomic mass is 9.88. The van der Waals surface area contributed by atoms with Crippen LogP contribution in [-0.2, 0) is 9.47 Å². The molecule has 1 saturated heterocycles. The molecule has 1 atom stereocenters. The summed E-state index contributed by atoms with van der Waals surface area (Å²) in [6.07, 6.45) is 2.01. The quantitative estimate of drug-likeness (QED) is 0.306. The van der Waals surface area contributed by atoms with Gasteiger partial charge in [-0.05, 0) is 74.0 Å². The van der Waals surface area contributed by atoms with E-state index in [9.17, 15) is 9.18 Å². The zero-order chi connectivity index (χ0) is 24.6. The Balaban J connectivity index is 1.67. The number of fused-ring (bicyclic) bond motifs is 1. The van der Waals surface area contributed by atoms with Gasteiger partial charge in [-0.2, -0.15) is 0 Å². The van der Waals surface area contributed by atoms with E-state index >= 15 is 0 Å². The van der Waals surface area contributed by atoms with Gasteiger partial charge in [-0.1, -0.05) is 0 Å². The third-order valence-electron chi connectivity index (χ3n) is 6.65. The molecular weight excluding hydrogens is 447 g/mol. The fourth-order valence-electron chi connectivity index (χ4n) is 4.96. The van der Waals surface area contributed by atoms with E-state index in [2.05, 4.69) is 9.80 Å². The molecule has 1 unspecified atom stereocenters. The molecule has 1 spiro atoms. The van der Waals surface area contributed by atoms with Crippen LogP contribution in [0.1, 0.15) is 29.3 Å². The largest absolute Gasteiger partial charge is 0.462 e. The summed E-state index contributed by atoms with van der Waals surface area (Å²) in [5.74, 6) is -0.662. The molecule has 7 nitrogen and oxygen atoms in total. The van der Waals surface area contributed by atoms with Gasteiger partial charge in [0, 0.05) is 42.0 Å². The van der Waals surface area contributed by atoms with Crippen molar-refractivity contribution in [1.82, 2.24) is 0 Å². The number of nitrogens with two attached hydrogens (primary N) is 1. The number of nitrogens with one attached hydrogen (secondary N) is 1. The van der Waals surface area contributed by atoms with Crippen LogP contribution in [0.3, 0.4) is 0 Å². The molecule has 0 amide bonds. The summed E-state index contributed by atoms with van der Waals surface area (Å²) in [5.41, 5.74) is 10.9. The number of nitrogens with zero attached hydrogens (tertiary/aromatic N) is 2. The van der Waals surface area contributed by atoms with Crippen molar-refractivity contribution in [3.05, 3.63) is 77.6 Å². The third-order valence-corrected chi connectivity index (χ3v) is 6.65. The van der Waals surface area contributed by atoms with Crippen LogP contribution in [0, 0.1) is 11.2 Å². The summed E-state index contributed by atoms with van der Waals surface area (Å²) in [7, 11) is 0. The fraction of sp³-hybridized carbons (Fsp3) is 0.259. The van der Waals surface area contributed by atoms with Gasteiger partial charge >= 0.3 is 5.97 Å². The van der Waals surface area contributed by atoms with Crippen molar-refractivity contribution in [3.8, 4) is 0 Å². The molecule has 2 aliphatic heterocycles. The Bertz CT molecular complexity index is 1250. The van der Waals surface area contributed by atoms with E-state index in [0.29, 0.717) is 43.2 Å². The molecule has 0 aliphatic carbocycles. The number of anilines is 5. The number of carbonyl (C=O) groups excluding carboxylic acids is 1. The van der Waals surface area contributed by atoms with Crippen LogP contribution in [0.5, 0.6) is 0 Å². The molecule has 5 rings (SSSR count). The molecule has 0 saturated carbocycles. The standard InChI is InChI=1S/C27H27FN4O3/c1-2-35-26(33)18-3-7-21(8-4-18)31-16-27(11-12-34-17-27)32(22-9-5-20(28)6-10-22)25-13-19(15-29)23(30)14-24(25)31/h3-10,13-15,29H,2,11-12,16-17,30H2,1H3. The molecule has 1 fully saturated rings. The van der Waals surface area contributed by atoms with Crippen molar-refractivity contribution >= 4 is 40.6 Å². The first-order chi connectivity index (χ1) is 17.0. The van der Waals surface area contributed by atoms with Crippen molar-refractivity contribution in [1.29, 1.82) is 5.41 Å². The van der Waals surface area contributed by atoms with Gasteiger partial charge in [0.2, 0.25) is 0 Å². The minimum Gasteiger partial charge on any atom is -0.462 e. The van der Waals surface area contributed by atoms with Crippen molar-refractivity contribution in [2.45, 2.75) is 18.9 Å². The van der Waals surface area contributed by atoms with Crippen LogP contribution in [0.2, 0.25) is 0 Å². The van der Waals surface area contributed by atoms with Gasteiger partial charge in [0.1, 0.15) is 5.82 Å². The monoisotopic (exact) mass is 474 g/mol. The van der Waals surface area contributed by atoms with Crippen LogP contribution >= 0.6 is 0 Å². The molecule has 0 bridgehead atoms. The number of carbonyl (C=O) groups is 1. The molecule has 2 heterocycles. The van der Waals surface area contributed by atoms with E-state index in [0.717, 1.165) is 29.2 Å². The second kappa shape index (κ2) is 9.03. The lowest BCUT2D eigenvalue weighted by Crippen LogP contribution is -2.57. The van der Waals surface area contributed by atoms with Crippen molar-refractivity contribution in [2.75, 3.05) is 41.9 Å². The predicted octanol–water partition coefficient (Wildman–Crippen LogP) is 5.03. The van der Waals surface area contributed by atoms with E-state index < -0.39 is 5.54 Å². The summed E-state index contributed by atoms with van der Waals surface area (Å²) in [5, 5.41) is 7.86. The van der Waals surface area contributed by atoms with E-state index in [1.807, 2.05) is 24.3 Å². The van der Waals surface area contributed by atoms with Gasteiger partial charge in [0.05, 0.1) is 35.7 Å². The Morgan fingerprint density at radius 2 is 1.86 bits per heavy atom. The third kappa shape index (κ3) is 4.00. The topological polar surface area (TPSA) is 91.9 Å². The van der Waals surface area contributed by atoms with E-state index in [-0.39, 0.29) is 11.8 Å². The summed E-state index contributed by atoms with van der Waals surface area (Å²) in [6.45, 7) is 3.79. The van der Waals surface area contributed by atoms with Crippen LogP contribution in [-0.4, -0.2) is 44.1 Å². The number of rotatable bonds is 5. The highest BCUT2D eigenvalue weighted by molar-refractivity contribution is 5.96. The van der Waals surface area contributed by atoms with Gasteiger partial charge in [-0.15, -0.1) is 0 Å². The Hall–Kier alpha value is -3.91. The number of halogens is 1. The summed E-state index contributed by atoms with van der Waals surface area (Å²) in [4.78, 5) is 16.5. The van der Waals surface area contributed by atoms with Crippen molar-refractivity contribution in [2.24, 2.45) is 0 Å². The highest BCUT2D eigenvalue weighted by Crippen LogP contribution is 2.50. The Morgan fingerprint density at radius 3 is 2.49 bits per heavy atom. The minimum absolute atomic E-state index is 0.302. The Kier molecular flexibility index (Phi) is 5.90. The smallest absolute Gasteiger partial charge is 0.338 e. The Labute approximate surface area is 203 Å². The number of ether oxygens (including phenoxy) is 2. The zero-order valence-electron chi connectivity index (χ0n) is 19.5. The first kappa shape index (κ1) is 22.9. The van der Waals surface area contributed by atoms with Gasteiger partial charge in [0.25, 0.3) is 0 Å². The van der Waals surface area contributed by atoms with Crippen LogP contribution in [0.4, 0.5) is 32.8 Å². The van der Waals surface area contributed by atoms with Gasteiger partial charge in [-0.3, -0.25) is 0 Å². The van der Waals surface area contributed by atoms with Gasteiger partial charge in [-0.25, -0.2) is 9.18 Å². The molecule has 180 valence electrons. The second-order valence-electron chi connectivity index (χ2n) is 8.81. The van der Waals surface area contributed by atoms with Gasteiger partial charge in [0.15, 0.2) is 0 Å². The summed E-state index contributed by atoms with van der Waals surface area (Å²) < 4.78 is 24.8. The molecule has 3 aromatic rings. The number of benzene rings is 3. The molecule has 3 aromatic carbocycles. The summed E-state index contributed by atoms with van der Waals surface area (Å²) >= 11 is 0. The fourth-order valence-corrected chi connectivity index (χ4v) is 4.96. The first-order valence-corrected chi connectivity index (χ1v) is 11.6. The Morgan fingerprint density at radius 1 is 1.14 bits per heavy atom. The molecular formula is C27H27FN4O3. The van der Waals surface area contributed by atoms with Gasteiger partial charge < -0.3 is 30.4 Å². The number of hydrogen-bond acceptors (Lipinski definition) is 7. The molecule has 8 heteroatoms. The highest BCUT2D eigenvalue weighted by atomic mass is 19.1. The summed E-state index contributed by atoms with van der Waals surface area (Å²) in [6, 6.07) is 17.5.